The summed E-state index contributed by atoms with van der Waals surface area (Å²) in [5.41, 5.74) is 0. The van der Waals surface area contributed by atoms with E-state index in [0.717, 1.165) is 0 Å². The van der Waals surface area contributed by atoms with Gasteiger partial charge in [0.05, 0.1) is 21.1 Å². The summed E-state index contributed by atoms with van der Waals surface area (Å²) < 4.78 is 0.464. The number of hydrogen-bond donors (Lipinski definition) is 1. The Morgan fingerprint density at radius 2 is 1.73 bits per heavy atom. The SMILES string of the molecule is CC(=O)N/C(C)=N\[N+](C)(C)C. The van der Waals surface area contributed by atoms with Gasteiger partial charge >= 0.3 is 0 Å². The maximum atomic E-state index is 10.5. The van der Waals surface area contributed by atoms with Gasteiger partial charge in [0.25, 0.3) is 0 Å². The molecular formula is C7H16N3O+. The summed E-state index contributed by atoms with van der Waals surface area (Å²) in [5, 5.41) is 6.77. The van der Waals surface area contributed by atoms with Crippen LogP contribution in [-0.2, 0) is 4.79 Å². The monoisotopic (exact) mass is 158 g/mol. The lowest BCUT2D eigenvalue weighted by Crippen LogP contribution is -2.34. The molecule has 0 unspecified atom stereocenters. The molecule has 0 aromatic carbocycles. The predicted molar refractivity (Wildman–Crippen MR) is 45.0 cm³/mol. The third kappa shape index (κ3) is 6.99. The van der Waals surface area contributed by atoms with Gasteiger partial charge in [0.15, 0.2) is 5.84 Å². The molecule has 0 aliphatic heterocycles. The molecule has 0 atom stereocenters. The average molecular weight is 158 g/mol. The molecule has 4 nitrogen and oxygen atoms in total. The van der Waals surface area contributed by atoms with Gasteiger partial charge in [0.2, 0.25) is 5.91 Å². The fraction of sp³-hybridized carbons (Fsp3) is 0.714. The van der Waals surface area contributed by atoms with Gasteiger partial charge in [0.1, 0.15) is 0 Å². The van der Waals surface area contributed by atoms with Gasteiger partial charge in [0, 0.05) is 6.92 Å². The number of quaternary nitrogens is 1. The zero-order valence-corrected chi connectivity index (χ0v) is 7.80. The Balaban J connectivity index is 4.12. The van der Waals surface area contributed by atoms with E-state index in [9.17, 15) is 4.79 Å². The number of carbonyl (C=O) groups excluding carboxylic acids is 1. The summed E-state index contributed by atoms with van der Waals surface area (Å²) in [6.45, 7) is 3.24. The van der Waals surface area contributed by atoms with E-state index in [1.54, 1.807) is 6.92 Å². The molecule has 0 aromatic heterocycles. The second-order valence-electron chi connectivity index (χ2n) is 3.31. The number of nitrogens with zero attached hydrogens (tertiary/aromatic N) is 2. The molecule has 11 heavy (non-hydrogen) atoms. The van der Waals surface area contributed by atoms with Crippen LogP contribution in [0.2, 0.25) is 0 Å². The standard InChI is InChI=1S/C7H15N3O/c1-6(8-7(2)11)9-10(3,4)5/h1-5H3/p+1. The van der Waals surface area contributed by atoms with Gasteiger partial charge in [-0.1, -0.05) is 5.10 Å². The summed E-state index contributed by atoms with van der Waals surface area (Å²) in [5.74, 6) is 0.560. The fourth-order valence-corrected chi connectivity index (χ4v) is 0.730. The number of nitrogens with one attached hydrogen (secondary N) is 1. The Kier molecular flexibility index (Phi) is 3.19. The molecule has 0 aliphatic carbocycles. The Hall–Kier alpha value is -0.900. The predicted octanol–water partition coefficient (Wildman–Crippen LogP) is 0.162. The average Bonchev–Trinajstić information content (AvgIpc) is 1.53. The zero-order valence-electron chi connectivity index (χ0n) is 7.80. The van der Waals surface area contributed by atoms with E-state index in [1.807, 2.05) is 21.1 Å². The van der Waals surface area contributed by atoms with Crippen LogP contribution in [0.15, 0.2) is 5.10 Å². The lowest BCUT2D eigenvalue weighted by atomic mass is 10.6. The van der Waals surface area contributed by atoms with E-state index in [4.69, 9.17) is 0 Å². The quantitative estimate of drug-likeness (QED) is 0.251. The first-order valence-electron chi connectivity index (χ1n) is 3.47. The molecule has 0 saturated carbocycles. The first kappa shape index (κ1) is 10.1. The molecule has 4 heteroatoms. The van der Waals surface area contributed by atoms with Crippen molar-refractivity contribution in [1.82, 2.24) is 5.32 Å². The van der Waals surface area contributed by atoms with Crippen LogP contribution < -0.4 is 5.32 Å². The molecule has 0 radical (unpaired) electrons. The van der Waals surface area contributed by atoms with Gasteiger partial charge < -0.3 is 5.32 Å². The molecule has 1 N–H and O–H groups in total. The molecule has 1 amide bonds. The minimum atomic E-state index is -0.0836. The minimum absolute atomic E-state index is 0.0836. The summed E-state index contributed by atoms with van der Waals surface area (Å²) in [4.78, 5) is 10.5. The molecule has 0 spiro atoms. The highest BCUT2D eigenvalue weighted by atomic mass is 16.1. The largest absolute Gasteiger partial charge is 0.310 e. The van der Waals surface area contributed by atoms with Gasteiger partial charge in [-0.25, -0.2) is 4.59 Å². The van der Waals surface area contributed by atoms with Crippen LogP contribution in [0.3, 0.4) is 0 Å². The molecule has 0 saturated heterocycles. The van der Waals surface area contributed by atoms with Crippen LogP contribution in [0, 0.1) is 0 Å². The van der Waals surface area contributed by atoms with Gasteiger partial charge in [-0.2, -0.15) is 0 Å². The first-order valence-corrected chi connectivity index (χ1v) is 3.47. The zero-order chi connectivity index (χ0) is 9.07. The van der Waals surface area contributed by atoms with Crippen LogP contribution in [-0.4, -0.2) is 37.5 Å². The number of hydrogen-bond acceptors (Lipinski definition) is 2. The molecule has 0 fully saturated rings. The second-order valence-corrected chi connectivity index (χ2v) is 3.31. The lowest BCUT2D eigenvalue weighted by Gasteiger charge is -2.16. The fourth-order valence-electron chi connectivity index (χ4n) is 0.730. The van der Waals surface area contributed by atoms with Crippen molar-refractivity contribution in [2.75, 3.05) is 21.1 Å². The normalized spacial score (nSPS) is 13.0. The molecule has 0 aromatic rings. The summed E-state index contributed by atoms with van der Waals surface area (Å²) in [6.07, 6.45) is 0. The van der Waals surface area contributed by atoms with Crippen molar-refractivity contribution in [1.29, 1.82) is 0 Å². The highest BCUT2D eigenvalue weighted by Gasteiger charge is 2.05. The minimum Gasteiger partial charge on any atom is -0.310 e. The van der Waals surface area contributed by atoms with Crippen molar-refractivity contribution in [2.24, 2.45) is 5.10 Å². The van der Waals surface area contributed by atoms with Crippen LogP contribution in [0.1, 0.15) is 13.8 Å². The van der Waals surface area contributed by atoms with Crippen LogP contribution >= 0.6 is 0 Å². The first-order chi connectivity index (χ1) is 4.81. The molecule has 0 aliphatic rings. The van der Waals surface area contributed by atoms with Crippen molar-refractivity contribution >= 4 is 11.7 Å². The van der Waals surface area contributed by atoms with Crippen LogP contribution in [0.25, 0.3) is 0 Å². The summed E-state index contributed by atoms with van der Waals surface area (Å²) in [6, 6.07) is 0. The highest BCUT2D eigenvalue weighted by molar-refractivity contribution is 5.95. The van der Waals surface area contributed by atoms with E-state index in [1.165, 1.54) is 6.92 Å². The van der Waals surface area contributed by atoms with Crippen molar-refractivity contribution < 1.29 is 9.39 Å². The Morgan fingerprint density at radius 1 is 1.27 bits per heavy atom. The van der Waals surface area contributed by atoms with E-state index >= 15 is 0 Å². The van der Waals surface area contributed by atoms with Crippen LogP contribution in [0.5, 0.6) is 0 Å². The number of amides is 1. The second kappa shape index (κ2) is 3.48. The Morgan fingerprint density at radius 3 is 2.00 bits per heavy atom. The van der Waals surface area contributed by atoms with E-state index in [0.29, 0.717) is 10.4 Å². The number of rotatable bonds is 1. The molecule has 0 rings (SSSR count). The topological polar surface area (TPSA) is 41.5 Å². The van der Waals surface area contributed by atoms with E-state index < -0.39 is 0 Å². The number of carbonyl (C=O) groups is 1. The summed E-state index contributed by atoms with van der Waals surface area (Å²) >= 11 is 0. The Bertz CT molecular complexity index is 179. The van der Waals surface area contributed by atoms with Gasteiger partial charge in [-0.15, -0.1) is 0 Å². The van der Waals surface area contributed by atoms with Crippen molar-refractivity contribution in [3.63, 3.8) is 0 Å². The smallest absolute Gasteiger partial charge is 0.222 e. The van der Waals surface area contributed by atoms with Crippen LogP contribution in [0.4, 0.5) is 0 Å². The molecule has 64 valence electrons. The third-order valence-corrected chi connectivity index (χ3v) is 0.807. The van der Waals surface area contributed by atoms with Crippen molar-refractivity contribution in [3.05, 3.63) is 0 Å². The lowest BCUT2D eigenvalue weighted by molar-refractivity contribution is -0.877. The molecular weight excluding hydrogens is 142 g/mol. The molecule has 0 heterocycles. The Labute approximate surface area is 67.5 Å². The van der Waals surface area contributed by atoms with E-state index in [2.05, 4.69) is 10.4 Å². The molecule has 0 bridgehead atoms. The third-order valence-electron chi connectivity index (χ3n) is 0.807. The summed E-state index contributed by atoms with van der Waals surface area (Å²) in [7, 11) is 5.77. The highest BCUT2D eigenvalue weighted by Crippen LogP contribution is 1.90. The van der Waals surface area contributed by atoms with Gasteiger partial charge in [-0.05, 0) is 6.92 Å². The van der Waals surface area contributed by atoms with Crippen molar-refractivity contribution in [3.8, 4) is 0 Å². The van der Waals surface area contributed by atoms with Crippen molar-refractivity contribution in [2.45, 2.75) is 13.8 Å². The van der Waals surface area contributed by atoms with Gasteiger partial charge in [-0.3, -0.25) is 4.79 Å². The number of amidine groups is 1. The van der Waals surface area contributed by atoms with E-state index in [-0.39, 0.29) is 5.91 Å². The maximum Gasteiger partial charge on any atom is 0.222 e. The maximum absolute atomic E-state index is 10.5.